The number of halogens is 1. The van der Waals surface area contributed by atoms with Crippen molar-refractivity contribution in [1.82, 2.24) is 5.43 Å². The van der Waals surface area contributed by atoms with Crippen LogP contribution >= 0.6 is 0 Å². The summed E-state index contributed by atoms with van der Waals surface area (Å²) >= 11 is 0. The molecule has 0 aliphatic heterocycles. The summed E-state index contributed by atoms with van der Waals surface area (Å²) in [5, 5.41) is 0.984. The monoisotopic (exact) mass is 284 g/mol. The first-order valence-electron chi connectivity index (χ1n) is 6.81. The number of nitrogens with one attached hydrogen (secondary N) is 1. The highest BCUT2D eigenvalue weighted by atomic mass is 19.1. The third kappa shape index (κ3) is 2.44. The zero-order valence-electron chi connectivity index (χ0n) is 12.0. The van der Waals surface area contributed by atoms with Crippen LogP contribution < -0.4 is 11.3 Å². The molecule has 3 nitrogen and oxygen atoms in total. The predicted molar refractivity (Wildman–Crippen MR) is 81.3 cm³/mol. The van der Waals surface area contributed by atoms with Gasteiger partial charge in [-0.2, -0.15) is 0 Å². The first-order chi connectivity index (χ1) is 10.1. The first kappa shape index (κ1) is 13.8. The number of hydrazine groups is 1. The van der Waals surface area contributed by atoms with Crippen LogP contribution in [0.15, 0.2) is 46.9 Å². The lowest BCUT2D eigenvalue weighted by Gasteiger charge is -2.15. The molecule has 0 fully saturated rings. The number of rotatable bonds is 3. The van der Waals surface area contributed by atoms with E-state index >= 15 is 0 Å². The summed E-state index contributed by atoms with van der Waals surface area (Å²) in [5.74, 6) is 5.93. The molecule has 0 amide bonds. The summed E-state index contributed by atoms with van der Waals surface area (Å²) in [4.78, 5) is 0. The fourth-order valence-corrected chi connectivity index (χ4v) is 2.56. The average Bonchev–Trinajstić information content (AvgIpc) is 2.87. The van der Waals surface area contributed by atoms with Gasteiger partial charge in [0.05, 0.1) is 0 Å². The molecule has 0 bridgehead atoms. The van der Waals surface area contributed by atoms with Gasteiger partial charge in [0, 0.05) is 10.9 Å². The lowest BCUT2D eigenvalue weighted by Crippen LogP contribution is -2.29. The number of benzene rings is 2. The number of hydrogen-bond acceptors (Lipinski definition) is 3. The Labute approximate surface area is 122 Å². The molecule has 3 rings (SSSR count). The molecule has 0 radical (unpaired) electrons. The normalized spacial score (nSPS) is 12.8. The van der Waals surface area contributed by atoms with Gasteiger partial charge < -0.3 is 4.42 Å². The highest BCUT2D eigenvalue weighted by molar-refractivity contribution is 5.81. The zero-order valence-corrected chi connectivity index (χ0v) is 12.0. The maximum absolute atomic E-state index is 14.2. The fraction of sp³-hybridized carbons (Fsp3) is 0.176. The van der Waals surface area contributed by atoms with Crippen molar-refractivity contribution >= 4 is 11.0 Å². The number of para-hydroxylation sites is 1. The average molecular weight is 284 g/mol. The molecular weight excluding hydrogens is 267 g/mol. The molecule has 1 aromatic heterocycles. The lowest BCUT2D eigenvalue weighted by molar-refractivity contribution is 0.461. The van der Waals surface area contributed by atoms with Gasteiger partial charge in [-0.25, -0.2) is 9.82 Å². The minimum atomic E-state index is -0.516. The number of nitrogens with two attached hydrogens (primary N) is 1. The van der Waals surface area contributed by atoms with Gasteiger partial charge in [0.2, 0.25) is 0 Å². The second-order valence-corrected chi connectivity index (χ2v) is 5.27. The van der Waals surface area contributed by atoms with Crippen LogP contribution in [0.2, 0.25) is 0 Å². The Balaban J connectivity index is 2.11. The molecule has 0 spiro atoms. The quantitative estimate of drug-likeness (QED) is 0.569. The van der Waals surface area contributed by atoms with Crippen LogP contribution in [0.1, 0.15) is 28.5 Å². The minimum absolute atomic E-state index is 0.296. The van der Waals surface area contributed by atoms with Crippen molar-refractivity contribution < 1.29 is 8.81 Å². The highest BCUT2D eigenvalue weighted by Gasteiger charge is 2.21. The second kappa shape index (κ2) is 5.31. The molecule has 0 aliphatic carbocycles. The van der Waals surface area contributed by atoms with Crippen LogP contribution in [0.25, 0.3) is 11.0 Å². The van der Waals surface area contributed by atoms with Crippen molar-refractivity contribution in [3.05, 3.63) is 70.7 Å². The van der Waals surface area contributed by atoms with Crippen LogP contribution in [-0.4, -0.2) is 0 Å². The molecule has 4 heteroatoms. The van der Waals surface area contributed by atoms with Gasteiger partial charge in [-0.3, -0.25) is 5.84 Å². The van der Waals surface area contributed by atoms with Crippen molar-refractivity contribution in [3.8, 4) is 0 Å². The van der Waals surface area contributed by atoms with Gasteiger partial charge in [-0.05, 0) is 37.1 Å². The molecule has 21 heavy (non-hydrogen) atoms. The van der Waals surface area contributed by atoms with E-state index in [4.69, 9.17) is 10.3 Å². The Morgan fingerprint density at radius 1 is 1.14 bits per heavy atom. The van der Waals surface area contributed by atoms with Crippen LogP contribution in [0.4, 0.5) is 4.39 Å². The van der Waals surface area contributed by atoms with Crippen LogP contribution in [0.5, 0.6) is 0 Å². The smallest absolute Gasteiger partial charge is 0.137 e. The SMILES string of the molecule is Cc1ccc(C(NN)c2cc3cccc(C)c3o2)c(F)c1. The third-order valence-electron chi connectivity index (χ3n) is 3.68. The molecule has 3 aromatic rings. The van der Waals surface area contributed by atoms with E-state index in [0.29, 0.717) is 11.3 Å². The number of aryl methyl sites for hydroxylation is 2. The summed E-state index contributed by atoms with van der Waals surface area (Å²) < 4.78 is 20.1. The van der Waals surface area contributed by atoms with Crippen LogP contribution in [0.3, 0.4) is 0 Å². The Hall–Kier alpha value is -2.17. The Morgan fingerprint density at radius 2 is 1.95 bits per heavy atom. The Bertz CT molecular complexity index is 795. The molecule has 1 heterocycles. The van der Waals surface area contributed by atoms with Crippen LogP contribution in [0, 0.1) is 19.7 Å². The van der Waals surface area contributed by atoms with Gasteiger partial charge in [0.25, 0.3) is 0 Å². The van der Waals surface area contributed by atoms with E-state index < -0.39 is 6.04 Å². The first-order valence-corrected chi connectivity index (χ1v) is 6.81. The third-order valence-corrected chi connectivity index (χ3v) is 3.68. The molecule has 1 atom stereocenters. The van der Waals surface area contributed by atoms with E-state index in [1.165, 1.54) is 6.07 Å². The number of hydrogen-bond donors (Lipinski definition) is 2. The van der Waals surface area contributed by atoms with E-state index in [1.807, 2.05) is 44.2 Å². The van der Waals surface area contributed by atoms with E-state index in [1.54, 1.807) is 6.07 Å². The number of fused-ring (bicyclic) bond motifs is 1. The van der Waals surface area contributed by atoms with Crippen LogP contribution in [-0.2, 0) is 0 Å². The topological polar surface area (TPSA) is 51.2 Å². The standard InChI is InChI=1S/C17H17FN2O/c1-10-6-7-13(14(18)8-10)16(20-19)15-9-12-5-3-4-11(2)17(12)21-15/h3-9,16,20H,19H2,1-2H3. The maximum Gasteiger partial charge on any atom is 0.137 e. The summed E-state index contributed by atoms with van der Waals surface area (Å²) in [7, 11) is 0. The molecule has 1 unspecified atom stereocenters. The molecule has 0 saturated heterocycles. The van der Waals surface area contributed by atoms with Crippen molar-refractivity contribution in [3.63, 3.8) is 0 Å². The van der Waals surface area contributed by atoms with Gasteiger partial charge in [-0.1, -0.05) is 30.3 Å². The van der Waals surface area contributed by atoms with Gasteiger partial charge in [-0.15, -0.1) is 0 Å². The van der Waals surface area contributed by atoms with Gasteiger partial charge in [0.1, 0.15) is 23.2 Å². The maximum atomic E-state index is 14.2. The zero-order chi connectivity index (χ0) is 15.0. The molecule has 0 aliphatic rings. The second-order valence-electron chi connectivity index (χ2n) is 5.27. The van der Waals surface area contributed by atoms with Crippen molar-refractivity contribution in [2.45, 2.75) is 19.9 Å². The fourth-order valence-electron chi connectivity index (χ4n) is 2.56. The Kier molecular flexibility index (Phi) is 3.49. The minimum Gasteiger partial charge on any atom is -0.459 e. The highest BCUT2D eigenvalue weighted by Crippen LogP contribution is 2.30. The van der Waals surface area contributed by atoms with E-state index in [0.717, 1.165) is 22.1 Å². The molecule has 108 valence electrons. The van der Waals surface area contributed by atoms with E-state index in [-0.39, 0.29) is 5.82 Å². The predicted octanol–water partition coefficient (Wildman–Crippen LogP) is 3.74. The molecule has 2 aromatic carbocycles. The van der Waals surface area contributed by atoms with Crippen molar-refractivity contribution in [2.24, 2.45) is 5.84 Å². The summed E-state index contributed by atoms with van der Waals surface area (Å²) in [6.07, 6.45) is 0. The van der Waals surface area contributed by atoms with E-state index in [9.17, 15) is 4.39 Å². The Morgan fingerprint density at radius 3 is 2.62 bits per heavy atom. The lowest BCUT2D eigenvalue weighted by atomic mass is 10.0. The number of furan rings is 1. The van der Waals surface area contributed by atoms with Gasteiger partial charge in [0.15, 0.2) is 0 Å². The molecule has 3 N–H and O–H groups in total. The van der Waals surface area contributed by atoms with Crippen molar-refractivity contribution in [2.75, 3.05) is 0 Å². The summed E-state index contributed by atoms with van der Waals surface area (Å²) in [5.41, 5.74) is 5.83. The largest absolute Gasteiger partial charge is 0.459 e. The summed E-state index contributed by atoms with van der Waals surface area (Å²) in [6.45, 7) is 3.83. The van der Waals surface area contributed by atoms with Gasteiger partial charge >= 0.3 is 0 Å². The van der Waals surface area contributed by atoms with E-state index in [2.05, 4.69) is 5.43 Å². The van der Waals surface area contributed by atoms with Crippen molar-refractivity contribution in [1.29, 1.82) is 0 Å². The molecule has 0 saturated carbocycles. The molecular formula is C17H17FN2O. The summed E-state index contributed by atoms with van der Waals surface area (Å²) in [6, 6.07) is 12.4.